The summed E-state index contributed by atoms with van der Waals surface area (Å²) in [5.41, 5.74) is 2.18. The van der Waals surface area contributed by atoms with Gasteiger partial charge in [-0.2, -0.15) is 0 Å². The van der Waals surface area contributed by atoms with E-state index in [-0.39, 0.29) is 11.5 Å². The molecule has 0 fully saturated rings. The Kier molecular flexibility index (Phi) is 8.32. The molecule has 0 N–H and O–H groups in total. The predicted octanol–water partition coefficient (Wildman–Crippen LogP) is 5.97. The number of hydrogen-bond acceptors (Lipinski definition) is 3. The molecule has 3 aromatic rings. The van der Waals surface area contributed by atoms with Gasteiger partial charge < -0.3 is 4.90 Å². The van der Waals surface area contributed by atoms with Gasteiger partial charge in [-0.1, -0.05) is 74.2 Å². The summed E-state index contributed by atoms with van der Waals surface area (Å²) in [6.07, 6.45) is 3.38. The Hall–Kier alpha value is -2.37. The molecule has 0 bridgehead atoms. The van der Waals surface area contributed by atoms with Crippen LogP contribution in [0.1, 0.15) is 57.0 Å². The minimum Gasteiger partial charge on any atom is -0.330 e. The highest BCUT2D eigenvalue weighted by atomic mass is 35.5. The van der Waals surface area contributed by atoms with E-state index in [9.17, 15) is 9.59 Å². The molecule has 5 nitrogen and oxygen atoms in total. The van der Waals surface area contributed by atoms with Crippen LogP contribution in [0.2, 0.25) is 0 Å². The fraction of sp³-hybridized carbons (Fsp3) is 0.400. The van der Waals surface area contributed by atoms with Crippen molar-refractivity contribution in [1.29, 1.82) is 0 Å². The first-order valence-electron chi connectivity index (χ1n) is 11.1. The summed E-state index contributed by atoms with van der Waals surface area (Å²) >= 11 is 12.0. The third kappa shape index (κ3) is 5.16. The smallest absolute Gasteiger partial charge is 0.266 e. The zero-order valence-corrected chi connectivity index (χ0v) is 20.2. The Bertz CT molecular complexity index is 1140. The molecule has 3 rings (SSSR count). The van der Waals surface area contributed by atoms with Gasteiger partial charge in [0.2, 0.25) is 0 Å². The van der Waals surface area contributed by atoms with Crippen molar-refractivity contribution in [3.8, 4) is 5.69 Å². The summed E-state index contributed by atoms with van der Waals surface area (Å²) in [7, 11) is 0. The second kappa shape index (κ2) is 11.0. The van der Waals surface area contributed by atoms with E-state index in [1.54, 1.807) is 15.5 Å². The van der Waals surface area contributed by atoms with Gasteiger partial charge in [0.15, 0.2) is 4.84 Å². The molecule has 0 radical (unpaired) electrons. The van der Waals surface area contributed by atoms with Gasteiger partial charge >= 0.3 is 0 Å². The van der Waals surface area contributed by atoms with Crippen LogP contribution in [-0.2, 0) is 4.79 Å². The highest BCUT2D eigenvalue weighted by molar-refractivity contribution is 6.53. The molecule has 7 heteroatoms. The lowest BCUT2D eigenvalue weighted by molar-refractivity contribution is -0.132. The van der Waals surface area contributed by atoms with Gasteiger partial charge in [0.05, 0.1) is 22.6 Å². The largest absolute Gasteiger partial charge is 0.330 e. The van der Waals surface area contributed by atoms with Crippen LogP contribution in [-0.4, -0.2) is 31.7 Å². The number of aromatic nitrogens is 2. The first-order chi connectivity index (χ1) is 15.4. The number of carbonyl (C=O) groups is 1. The minimum atomic E-state index is -1.18. The Morgan fingerprint density at radius 3 is 2.50 bits per heavy atom. The van der Waals surface area contributed by atoms with Gasteiger partial charge in [-0.25, -0.2) is 4.98 Å². The van der Waals surface area contributed by atoms with E-state index in [0.717, 1.165) is 30.5 Å². The molecule has 32 heavy (non-hydrogen) atoms. The number of halogens is 2. The molecule has 2 aromatic carbocycles. The number of fused-ring (bicyclic) bond motifs is 1. The maximum Gasteiger partial charge on any atom is 0.266 e. The van der Waals surface area contributed by atoms with Gasteiger partial charge in [-0.3, -0.25) is 14.2 Å². The van der Waals surface area contributed by atoms with Crippen molar-refractivity contribution in [3.05, 3.63) is 70.3 Å². The molecule has 0 saturated heterocycles. The minimum absolute atomic E-state index is 0.163. The molecule has 0 saturated carbocycles. The molecule has 170 valence electrons. The van der Waals surface area contributed by atoms with Gasteiger partial charge in [-0.05, 0) is 49.6 Å². The quantitative estimate of drug-likeness (QED) is 0.284. The lowest BCUT2D eigenvalue weighted by atomic mass is 10.1. The van der Waals surface area contributed by atoms with Crippen molar-refractivity contribution in [1.82, 2.24) is 14.5 Å². The summed E-state index contributed by atoms with van der Waals surface area (Å²) < 4.78 is 1.63. The number of alkyl halides is 2. The highest BCUT2D eigenvalue weighted by Crippen LogP contribution is 2.28. The molecule has 1 atom stereocenters. The normalized spacial score (nSPS) is 12.3. The zero-order valence-electron chi connectivity index (χ0n) is 18.7. The van der Waals surface area contributed by atoms with Crippen molar-refractivity contribution in [3.63, 3.8) is 0 Å². The Labute approximate surface area is 199 Å². The molecular formula is C25H29Cl2N3O2. The SMILES string of the molecule is CCCCCN(C(=O)C(Cl)Cl)C(CC)c1nc2ccccc2c(=O)n1-c1cccc(C)c1. The predicted molar refractivity (Wildman–Crippen MR) is 132 cm³/mol. The average Bonchev–Trinajstić information content (AvgIpc) is 2.78. The Morgan fingerprint density at radius 1 is 1.09 bits per heavy atom. The summed E-state index contributed by atoms with van der Waals surface area (Å²) in [5.74, 6) is 0.148. The van der Waals surface area contributed by atoms with Crippen LogP contribution in [0.4, 0.5) is 0 Å². The molecule has 0 aliphatic rings. The van der Waals surface area contributed by atoms with Crippen LogP contribution in [0.3, 0.4) is 0 Å². The molecule has 1 amide bonds. The van der Waals surface area contributed by atoms with E-state index < -0.39 is 10.9 Å². The van der Waals surface area contributed by atoms with E-state index in [2.05, 4.69) is 6.92 Å². The number of unbranched alkanes of at least 4 members (excludes halogenated alkanes) is 2. The monoisotopic (exact) mass is 473 g/mol. The molecule has 0 aliphatic heterocycles. The van der Waals surface area contributed by atoms with Crippen LogP contribution in [0, 0.1) is 6.92 Å². The Morgan fingerprint density at radius 2 is 1.84 bits per heavy atom. The second-order valence-corrected chi connectivity index (χ2v) is 9.03. The number of rotatable bonds is 9. The first kappa shape index (κ1) is 24.3. The topological polar surface area (TPSA) is 55.2 Å². The van der Waals surface area contributed by atoms with Crippen LogP contribution < -0.4 is 5.56 Å². The van der Waals surface area contributed by atoms with E-state index in [0.29, 0.717) is 29.7 Å². The van der Waals surface area contributed by atoms with Gasteiger partial charge in [0.1, 0.15) is 5.82 Å². The van der Waals surface area contributed by atoms with E-state index in [4.69, 9.17) is 28.2 Å². The van der Waals surface area contributed by atoms with Crippen molar-refractivity contribution in [2.45, 2.75) is 57.3 Å². The molecule has 0 aliphatic carbocycles. The number of carbonyl (C=O) groups excluding carboxylic acids is 1. The van der Waals surface area contributed by atoms with Crippen molar-refractivity contribution in [2.24, 2.45) is 0 Å². The number of para-hydroxylation sites is 1. The molecule has 0 spiro atoms. The van der Waals surface area contributed by atoms with Gasteiger partial charge in [0, 0.05) is 6.54 Å². The molecule has 1 heterocycles. The summed E-state index contributed by atoms with van der Waals surface area (Å²) in [5, 5.41) is 0.532. The fourth-order valence-corrected chi connectivity index (χ4v) is 4.26. The Balaban J connectivity index is 2.26. The third-order valence-electron chi connectivity index (χ3n) is 5.59. The second-order valence-electron chi connectivity index (χ2n) is 7.93. The van der Waals surface area contributed by atoms with Crippen molar-refractivity contribution < 1.29 is 4.79 Å². The van der Waals surface area contributed by atoms with E-state index in [1.807, 2.05) is 56.3 Å². The van der Waals surface area contributed by atoms with Gasteiger partial charge in [-0.15, -0.1) is 0 Å². The van der Waals surface area contributed by atoms with Gasteiger partial charge in [0.25, 0.3) is 11.5 Å². The summed E-state index contributed by atoms with van der Waals surface area (Å²) in [4.78, 5) is 32.0. The van der Waals surface area contributed by atoms with Crippen molar-refractivity contribution in [2.75, 3.05) is 6.54 Å². The van der Waals surface area contributed by atoms with E-state index in [1.165, 1.54) is 0 Å². The average molecular weight is 474 g/mol. The first-order valence-corrected chi connectivity index (χ1v) is 11.9. The standard InChI is InChI=1S/C25H29Cl2N3O2/c1-4-6-9-15-29(25(32)22(26)27)21(5-2)23-28-20-14-8-7-13-19(20)24(31)30(23)18-12-10-11-17(3)16-18/h7-8,10-14,16,21-22H,4-6,9,15H2,1-3H3. The van der Waals surface area contributed by atoms with Crippen LogP contribution >= 0.6 is 23.2 Å². The number of hydrogen-bond donors (Lipinski definition) is 0. The van der Waals surface area contributed by atoms with Crippen LogP contribution in [0.25, 0.3) is 16.6 Å². The lowest BCUT2D eigenvalue weighted by Crippen LogP contribution is -2.41. The number of aryl methyl sites for hydroxylation is 1. The highest BCUT2D eigenvalue weighted by Gasteiger charge is 2.31. The maximum atomic E-state index is 13.6. The third-order valence-corrected chi connectivity index (χ3v) is 5.97. The summed E-state index contributed by atoms with van der Waals surface area (Å²) in [6.45, 7) is 6.56. The zero-order chi connectivity index (χ0) is 23.3. The number of amides is 1. The van der Waals surface area contributed by atoms with Crippen LogP contribution in [0.5, 0.6) is 0 Å². The van der Waals surface area contributed by atoms with Crippen LogP contribution in [0.15, 0.2) is 53.3 Å². The van der Waals surface area contributed by atoms with E-state index >= 15 is 0 Å². The number of benzene rings is 2. The fourth-order valence-electron chi connectivity index (χ4n) is 4.01. The number of nitrogens with zero attached hydrogens (tertiary/aromatic N) is 3. The maximum absolute atomic E-state index is 13.6. The lowest BCUT2D eigenvalue weighted by Gasteiger charge is -2.33. The summed E-state index contributed by atoms with van der Waals surface area (Å²) in [6, 6.07) is 14.6. The molecule has 1 unspecified atom stereocenters. The molecular weight excluding hydrogens is 445 g/mol. The molecule has 1 aromatic heterocycles. The van der Waals surface area contributed by atoms with Crippen molar-refractivity contribution >= 4 is 40.0 Å².